The predicted molar refractivity (Wildman–Crippen MR) is 157 cm³/mol. The van der Waals surface area contributed by atoms with Gasteiger partial charge in [-0.15, -0.1) is 11.3 Å². The number of aromatic nitrogens is 2. The van der Waals surface area contributed by atoms with E-state index in [1.165, 1.54) is 16.6 Å². The maximum Gasteiger partial charge on any atom is 0.267 e. The molecule has 0 atom stereocenters. The second-order valence-electron chi connectivity index (χ2n) is 8.55. The molecule has 1 amide bonds. The Bertz CT molecular complexity index is 1600. The lowest BCUT2D eigenvalue weighted by Crippen LogP contribution is -2.24. The topological polar surface area (TPSA) is 76.3 Å². The van der Waals surface area contributed by atoms with Gasteiger partial charge in [-0.05, 0) is 80.1 Å². The number of fused-ring (bicyclic) bond motifs is 3. The van der Waals surface area contributed by atoms with Crippen LogP contribution < -0.4 is 11.0 Å². The van der Waals surface area contributed by atoms with Crippen molar-refractivity contribution in [2.75, 3.05) is 5.75 Å². The average Bonchev–Trinajstić information content (AvgIpc) is 3.27. The van der Waals surface area contributed by atoms with Crippen molar-refractivity contribution in [3.63, 3.8) is 0 Å². The van der Waals surface area contributed by atoms with E-state index in [1.807, 2.05) is 24.3 Å². The fraction of sp³-hybridized carbons (Fsp3) is 0.231. The number of nitrogens with zero attached hydrogens (tertiary/aromatic N) is 3. The van der Waals surface area contributed by atoms with Crippen LogP contribution in [0.1, 0.15) is 35.8 Å². The summed E-state index contributed by atoms with van der Waals surface area (Å²) in [6.45, 7) is 1.77. The molecule has 0 saturated heterocycles. The molecule has 1 N–H and O–H groups in total. The number of amides is 1. The van der Waals surface area contributed by atoms with Gasteiger partial charge < -0.3 is 0 Å². The van der Waals surface area contributed by atoms with Crippen molar-refractivity contribution in [2.24, 2.45) is 5.10 Å². The number of hydrogen-bond acceptors (Lipinski definition) is 6. The molecule has 0 aliphatic heterocycles. The van der Waals surface area contributed by atoms with Crippen LogP contribution in [0.25, 0.3) is 15.9 Å². The normalized spacial score (nSPS) is 13.6. The van der Waals surface area contributed by atoms with Crippen molar-refractivity contribution in [3.8, 4) is 5.69 Å². The van der Waals surface area contributed by atoms with Gasteiger partial charge in [0.05, 0.1) is 32.6 Å². The van der Waals surface area contributed by atoms with Crippen molar-refractivity contribution in [3.05, 3.63) is 83.3 Å². The van der Waals surface area contributed by atoms with Gasteiger partial charge in [0.2, 0.25) is 0 Å². The largest absolute Gasteiger partial charge is 0.272 e. The molecule has 2 aromatic carbocycles. The molecule has 5 rings (SSSR count). The van der Waals surface area contributed by atoms with Gasteiger partial charge in [0, 0.05) is 9.35 Å². The van der Waals surface area contributed by atoms with E-state index in [0.29, 0.717) is 32.0 Å². The maximum atomic E-state index is 13.8. The third kappa shape index (κ3) is 5.66. The van der Waals surface area contributed by atoms with E-state index in [-0.39, 0.29) is 17.2 Å². The van der Waals surface area contributed by atoms with Gasteiger partial charge in [-0.25, -0.2) is 10.4 Å². The Kier molecular flexibility index (Phi) is 8.07. The highest BCUT2D eigenvalue weighted by atomic mass is 79.9. The number of thiophene rings is 1. The number of benzene rings is 2. The number of carbonyl (C=O) groups excluding carboxylic acids is 1. The van der Waals surface area contributed by atoms with Gasteiger partial charge in [-0.2, -0.15) is 5.10 Å². The van der Waals surface area contributed by atoms with Gasteiger partial charge in [0.1, 0.15) is 4.83 Å². The summed E-state index contributed by atoms with van der Waals surface area (Å²) in [6, 6.07) is 12.7. The number of halogens is 3. The van der Waals surface area contributed by atoms with Gasteiger partial charge in [0.25, 0.3) is 11.5 Å². The van der Waals surface area contributed by atoms with Crippen LogP contribution in [0.2, 0.25) is 10.0 Å². The molecule has 4 aromatic rings. The Balaban J connectivity index is 1.43. The Hall–Kier alpha value is -2.17. The molecule has 0 bridgehead atoms. The Morgan fingerprint density at radius 1 is 1.16 bits per heavy atom. The molecule has 0 unspecified atom stereocenters. The minimum atomic E-state index is -0.313. The summed E-state index contributed by atoms with van der Waals surface area (Å²) in [5.41, 5.74) is 5.66. The zero-order valence-corrected chi connectivity index (χ0v) is 24.4. The first-order valence-electron chi connectivity index (χ1n) is 11.6. The molecule has 0 radical (unpaired) electrons. The lowest BCUT2D eigenvalue weighted by Gasteiger charge is -2.13. The van der Waals surface area contributed by atoms with E-state index >= 15 is 0 Å². The third-order valence-electron chi connectivity index (χ3n) is 6.06. The highest BCUT2D eigenvalue weighted by molar-refractivity contribution is 9.10. The Morgan fingerprint density at radius 2 is 1.92 bits per heavy atom. The fourth-order valence-electron chi connectivity index (χ4n) is 4.20. The fourth-order valence-corrected chi connectivity index (χ4v) is 6.87. The summed E-state index contributed by atoms with van der Waals surface area (Å²) in [5.74, 6) is -0.274. The molecular formula is C26H21BrCl2N4O2S2. The molecule has 1 aliphatic carbocycles. The van der Waals surface area contributed by atoms with E-state index in [2.05, 4.69) is 26.5 Å². The number of nitrogens with one attached hydrogen (secondary N) is 1. The van der Waals surface area contributed by atoms with Crippen LogP contribution >= 0.6 is 62.2 Å². The lowest BCUT2D eigenvalue weighted by atomic mass is 9.97. The third-order valence-corrected chi connectivity index (χ3v) is 9.45. The van der Waals surface area contributed by atoms with Gasteiger partial charge >= 0.3 is 0 Å². The molecule has 6 nitrogen and oxygen atoms in total. The van der Waals surface area contributed by atoms with E-state index in [9.17, 15) is 9.59 Å². The zero-order valence-electron chi connectivity index (χ0n) is 19.7. The van der Waals surface area contributed by atoms with Crippen LogP contribution in [0.4, 0.5) is 0 Å². The van der Waals surface area contributed by atoms with E-state index < -0.39 is 0 Å². The molecule has 11 heteroatoms. The first-order valence-corrected chi connectivity index (χ1v) is 14.9. The highest BCUT2D eigenvalue weighted by Crippen LogP contribution is 2.35. The molecule has 2 heterocycles. The minimum Gasteiger partial charge on any atom is -0.272 e. The molecule has 0 saturated carbocycles. The van der Waals surface area contributed by atoms with Gasteiger partial charge in [-0.1, -0.05) is 57.0 Å². The van der Waals surface area contributed by atoms with E-state index in [1.54, 1.807) is 41.0 Å². The van der Waals surface area contributed by atoms with Crippen LogP contribution in [-0.4, -0.2) is 26.9 Å². The SMILES string of the molecule is CC(=NNC(=O)CSc1nc2sc3c(c2c(=O)n1-c1ccc(Br)cc1)CCCC3)c1ccc(Cl)c(Cl)c1. The molecule has 0 fully saturated rings. The smallest absolute Gasteiger partial charge is 0.267 e. The van der Waals surface area contributed by atoms with Crippen LogP contribution in [0.5, 0.6) is 0 Å². The monoisotopic (exact) mass is 634 g/mol. The van der Waals surface area contributed by atoms with E-state index in [4.69, 9.17) is 28.2 Å². The lowest BCUT2D eigenvalue weighted by molar-refractivity contribution is -0.118. The zero-order chi connectivity index (χ0) is 26.1. The number of aryl methyl sites for hydroxylation is 2. The van der Waals surface area contributed by atoms with Gasteiger partial charge in [0.15, 0.2) is 5.16 Å². The predicted octanol–water partition coefficient (Wildman–Crippen LogP) is 7.03. The van der Waals surface area contributed by atoms with Crippen molar-refractivity contribution in [1.29, 1.82) is 0 Å². The summed E-state index contributed by atoms with van der Waals surface area (Å²) < 4.78 is 2.52. The second-order valence-corrected chi connectivity index (χ2v) is 12.3. The summed E-state index contributed by atoms with van der Waals surface area (Å²) in [5, 5.41) is 6.23. The molecule has 2 aromatic heterocycles. The Labute approximate surface area is 240 Å². The number of hydrazone groups is 1. The Morgan fingerprint density at radius 3 is 2.68 bits per heavy atom. The van der Waals surface area contributed by atoms with Gasteiger partial charge in [-0.3, -0.25) is 14.2 Å². The standard InChI is InChI=1S/C26H21BrCl2N4O2S2/c1-14(15-6-11-19(28)20(29)12-15)31-32-22(34)13-36-26-30-24-23(18-4-2-3-5-21(18)37-24)25(35)33(26)17-9-7-16(27)8-10-17/h6-12H,2-5,13H2,1H3,(H,32,34). The van der Waals surface area contributed by atoms with Crippen molar-refractivity contribution in [1.82, 2.24) is 15.0 Å². The minimum absolute atomic E-state index is 0.0394. The second kappa shape index (κ2) is 11.3. The summed E-state index contributed by atoms with van der Waals surface area (Å²) >= 11 is 18.3. The summed E-state index contributed by atoms with van der Waals surface area (Å²) in [7, 11) is 0. The number of rotatable bonds is 6. The van der Waals surface area contributed by atoms with Crippen molar-refractivity contribution < 1.29 is 4.79 Å². The number of thioether (sulfide) groups is 1. The molecule has 0 spiro atoms. The van der Waals surface area contributed by atoms with Crippen LogP contribution in [0, 0.1) is 0 Å². The number of hydrogen-bond donors (Lipinski definition) is 1. The maximum absolute atomic E-state index is 13.8. The first-order chi connectivity index (χ1) is 17.8. The van der Waals surface area contributed by atoms with Crippen molar-refractivity contribution >= 4 is 84.1 Å². The van der Waals surface area contributed by atoms with E-state index in [0.717, 1.165) is 46.1 Å². The van der Waals surface area contributed by atoms with Crippen LogP contribution in [0.15, 0.2) is 62.0 Å². The van der Waals surface area contributed by atoms with Crippen LogP contribution in [-0.2, 0) is 17.6 Å². The first kappa shape index (κ1) is 26.4. The van der Waals surface area contributed by atoms with Crippen LogP contribution in [0.3, 0.4) is 0 Å². The molecule has 1 aliphatic rings. The summed E-state index contributed by atoms with van der Waals surface area (Å²) in [6.07, 6.45) is 4.09. The average molecular weight is 636 g/mol. The van der Waals surface area contributed by atoms with Crippen molar-refractivity contribution in [2.45, 2.75) is 37.8 Å². The quantitative estimate of drug-likeness (QED) is 0.107. The highest BCUT2D eigenvalue weighted by Gasteiger charge is 2.23. The molecule has 190 valence electrons. The molecule has 37 heavy (non-hydrogen) atoms. The summed E-state index contributed by atoms with van der Waals surface area (Å²) in [4.78, 5) is 33.3. The molecular weight excluding hydrogens is 615 g/mol. The number of carbonyl (C=O) groups is 1.